The number of aromatic nitrogens is 3. The van der Waals surface area contributed by atoms with Crippen molar-refractivity contribution in [3.8, 4) is 11.3 Å². The number of nitrogens with zero attached hydrogens (tertiary/aromatic N) is 3. The van der Waals surface area contributed by atoms with Gasteiger partial charge in [0.05, 0.1) is 11.9 Å². The zero-order valence-electron chi connectivity index (χ0n) is 10.2. The van der Waals surface area contributed by atoms with Crippen LogP contribution in [0.25, 0.3) is 16.9 Å². The zero-order chi connectivity index (χ0) is 12.7. The molecule has 0 radical (unpaired) electrons. The maximum absolute atomic E-state index is 4.56. The van der Waals surface area contributed by atoms with Crippen LogP contribution in [0.3, 0.4) is 0 Å². The Kier molecular flexibility index (Phi) is 2.67. The Labute approximate surface area is 114 Å². The molecule has 0 atom stereocenters. The van der Waals surface area contributed by atoms with Crippen LogP contribution in [0.1, 0.15) is 11.1 Å². The second-order valence-electron chi connectivity index (χ2n) is 4.38. The molecule has 0 fully saturated rings. The minimum Gasteiger partial charge on any atom is -0.220 e. The quantitative estimate of drug-likeness (QED) is 0.685. The van der Waals surface area contributed by atoms with Crippen molar-refractivity contribution in [3.05, 3.63) is 52.3 Å². The van der Waals surface area contributed by atoms with Gasteiger partial charge in [0.1, 0.15) is 4.60 Å². The number of benzene rings is 1. The topological polar surface area (TPSA) is 30.2 Å². The van der Waals surface area contributed by atoms with Crippen LogP contribution in [-0.2, 0) is 0 Å². The second kappa shape index (κ2) is 4.21. The molecule has 4 heteroatoms. The van der Waals surface area contributed by atoms with Gasteiger partial charge in [-0.15, -0.1) is 0 Å². The van der Waals surface area contributed by atoms with Gasteiger partial charge in [0.15, 0.2) is 5.65 Å². The van der Waals surface area contributed by atoms with Crippen molar-refractivity contribution in [1.29, 1.82) is 0 Å². The highest BCUT2D eigenvalue weighted by Gasteiger charge is 2.04. The molecule has 0 bridgehead atoms. The lowest BCUT2D eigenvalue weighted by Gasteiger charge is -2.05. The second-order valence-corrected chi connectivity index (χ2v) is 5.20. The van der Waals surface area contributed by atoms with Crippen molar-refractivity contribution in [2.75, 3.05) is 0 Å². The van der Waals surface area contributed by atoms with Crippen LogP contribution in [0.2, 0.25) is 0 Å². The van der Waals surface area contributed by atoms with Crippen LogP contribution < -0.4 is 0 Å². The number of rotatable bonds is 1. The average molecular weight is 302 g/mol. The Hall–Kier alpha value is -1.68. The summed E-state index contributed by atoms with van der Waals surface area (Å²) in [5.41, 5.74) is 5.50. The van der Waals surface area contributed by atoms with Gasteiger partial charge in [-0.2, -0.15) is 5.10 Å². The predicted molar refractivity (Wildman–Crippen MR) is 75.6 cm³/mol. The van der Waals surface area contributed by atoms with E-state index in [-0.39, 0.29) is 0 Å². The minimum absolute atomic E-state index is 0.798. The normalized spacial score (nSPS) is 11.1. The van der Waals surface area contributed by atoms with Crippen molar-refractivity contribution in [1.82, 2.24) is 14.6 Å². The first-order valence-corrected chi connectivity index (χ1v) is 6.52. The van der Waals surface area contributed by atoms with Crippen molar-refractivity contribution in [2.45, 2.75) is 13.8 Å². The van der Waals surface area contributed by atoms with E-state index in [9.17, 15) is 0 Å². The molecule has 0 aliphatic rings. The van der Waals surface area contributed by atoms with Gasteiger partial charge in [0.25, 0.3) is 0 Å². The summed E-state index contributed by atoms with van der Waals surface area (Å²) < 4.78 is 2.58. The van der Waals surface area contributed by atoms with Gasteiger partial charge in [0.2, 0.25) is 0 Å². The van der Waals surface area contributed by atoms with E-state index >= 15 is 0 Å². The molecule has 0 aliphatic carbocycles. The van der Waals surface area contributed by atoms with Crippen LogP contribution in [0, 0.1) is 13.8 Å². The summed E-state index contributed by atoms with van der Waals surface area (Å²) in [6, 6.07) is 10.4. The van der Waals surface area contributed by atoms with Crippen LogP contribution in [-0.4, -0.2) is 14.6 Å². The molecule has 0 saturated carbocycles. The Morgan fingerprint density at radius 1 is 1.06 bits per heavy atom. The fourth-order valence-electron chi connectivity index (χ4n) is 1.91. The summed E-state index contributed by atoms with van der Waals surface area (Å²) in [5, 5.41) is 4.56. The molecule has 3 aromatic rings. The highest BCUT2D eigenvalue weighted by molar-refractivity contribution is 9.10. The first kappa shape index (κ1) is 11.4. The third-order valence-corrected chi connectivity index (χ3v) is 3.48. The minimum atomic E-state index is 0.798. The fraction of sp³-hybridized carbons (Fsp3) is 0.143. The Balaban J connectivity index is 2.15. The zero-order valence-corrected chi connectivity index (χ0v) is 11.8. The predicted octanol–water partition coefficient (Wildman–Crippen LogP) is 3.78. The van der Waals surface area contributed by atoms with E-state index in [1.807, 2.05) is 18.3 Å². The van der Waals surface area contributed by atoms with E-state index in [1.54, 1.807) is 4.52 Å². The van der Waals surface area contributed by atoms with Crippen molar-refractivity contribution in [3.63, 3.8) is 0 Å². The monoisotopic (exact) mass is 301 g/mol. The Morgan fingerprint density at radius 2 is 1.89 bits per heavy atom. The van der Waals surface area contributed by atoms with E-state index in [0.29, 0.717) is 0 Å². The third kappa shape index (κ3) is 1.93. The van der Waals surface area contributed by atoms with Gasteiger partial charge in [0, 0.05) is 5.56 Å². The molecule has 0 aliphatic heterocycles. The lowest BCUT2D eigenvalue weighted by atomic mass is 10.0. The molecule has 0 unspecified atom stereocenters. The van der Waals surface area contributed by atoms with Crippen LogP contribution in [0.15, 0.2) is 41.1 Å². The van der Waals surface area contributed by atoms with E-state index in [2.05, 4.69) is 58.1 Å². The maximum Gasteiger partial charge on any atom is 0.154 e. The Bertz CT molecular complexity index is 731. The summed E-state index contributed by atoms with van der Waals surface area (Å²) in [7, 11) is 0. The van der Waals surface area contributed by atoms with Gasteiger partial charge in [-0.25, -0.2) is 9.50 Å². The van der Waals surface area contributed by atoms with E-state index in [0.717, 1.165) is 21.5 Å². The van der Waals surface area contributed by atoms with Crippen LogP contribution in [0.5, 0.6) is 0 Å². The first-order chi connectivity index (χ1) is 8.63. The molecule has 3 rings (SSSR count). The van der Waals surface area contributed by atoms with Gasteiger partial charge < -0.3 is 0 Å². The summed E-state index contributed by atoms with van der Waals surface area (Å²) in [4.78, 5) is 4.30. The molecular formula is C14H12BrN3. The van der Waals surface area contributed by atoms with E-state index < -0.39 is 0 Å². The van der Waals surface area contributed by atoms with Gasteiger partial charge in [-0.3, -0.25) is 0 Å². The SMILES string of the molecule is Cc1ccc(-c2ccc3nc(Br)cn3n2)cc1C. The Morgan fingerprint density at radius 3 is 2.67 bits per heavy atom. The molecule has 2 aromatic heterocycles. The van der Waals surface area contributed by atoms with Crippen LogP contribution in [0.4, 0.5) is 0 Å². The third-order valence-electron chi connectivity index (χ3n) is 3.09. The van der Waals surface area contributed by atoms with Gasteiger partial charge >= 0.3 is 0 Å². The highest BCUT2D eigenvalue weighted by Crippen LogP contribution is 2.21. The first-order valence-electron chi connectivity index (χ1n) is 5.73. The molecule has 1 aromatic carbocycles. The lowest BCUT2D eigenvalue weighted by molar-refractivity contribution is 0.941. The molecule has 0 N–H and O–H groups in total. The summed E-state index contributed by atoms with van der Waals surface area (Å²) in [6.45, 7) is 4.23. The number of halogens is 1. The molecule has 0 spiro atoms. The summed E-state index contributed by atoms with van der Waals surface area (Å²) in [5.74, 6) is 0. The number of fused-ring (bicyclic) bond motifs is 1. The molecule has 3 nitrogen and oxygen atoms in total. The van der Waals surface area contributed by atoms with Crippen LogP contribution >= 0.6 is 15.9 Å². The van der Waals surface area contributed by atoms with Crippen molar-refractivity contribution >= 4 is 21.6 Å². The molecule has 2 heterocycles. The molecule has 90 valence electrons. The molecular weight excluding hydrogens is 290 g/mol. The fourth-order valence-corrected chi connectivity index (χ4v) is 2.28. The van der Waals surface area contributed by atoms with E-state index in [1.165, 1.54) is 11.1 Å². The maximum atomic E-state index is 4.56. The summed E-state index contributed by atoms with van der Waals surface area (Å²) >= 11 is 3.35. The number of hydrogen-bond donors (Lipinski definition) is 0. The smallest absolute Gasteiger partial charge is 0.154 e. The highest BCUT2D eigenvalue weighted by atomic mass is 79.9. The number of imidazole rings is 1. The molecule has 0 amide bonds. The summed E-state index contributed by atoms with van der Waals surface area (Å²) in [6.07, 6.45) is 1.86. The van der Waals surface area contributed by atoms with E-state index in [4.69, 9.17) is 0 Å². The number of hydrogen-bond acceptors (Lipinski definition) is 2. The molecule has 18 heavy (non-hydrogen) atoms. The average Bonchev–Trinajstić information content (AvgIpc) is 2.71. The van der Waals surface area contributed by atoms with Gasteiger partial charge in [-0.05, 0) is 59.1 Å². The van der Waals surface area contributed by atoms with Gasteiger partial charge in [-0.1, -0.05) is 12.1 Å². The lowest BCUT2D eigenvalue weighted by Crippen LogP contribution is -1.93. The standard InChI is InChI=1S/C14H12BrN3/c1-9-3-4-11(7-10(9)2)12-5-6-14-16-13(15)8-18(14)17-12/h3-8H,1-2H3. The van der Waals surface area contributed by atoms with Crippen molar-refractivity contribution < 1.29 is 0 Å². The molecule has 0 saturated heterocycles. The van der Waals surface area contributed by atoms with Crippen molar-refractivity contribution in [2.24, 2.45) is 0 Å². The largest absolute Gasteiger partial charge is 0.220 e. The number of aryl methyl sites for hydroxylation is 2.